The summed E-state index contributed by atoms with van der Waals surface area (Å²) in [5.74, 6) is 0. The average molecular weight is 1830 g/mol. The third-order valence-electron chi connectivity index (χ3n) is 30.6. The molecule has 0 N–H and O–H groups in total. The number of fused-ring (bicyclic) bond motifs is 20. The summed E-state index contributed by atoms with van der Waals surface area (Å²) in [6.07, 6.45) is 0. The molecule has 0 saturated heterocycles. The Bertz CT molecular complexity index is 8510. The first kappa shape index (κ1) is 89.5. The Morgan fingerprint density at radius 1 is 0.148 bits per heavy atom. The molecule has 4 nitrogen and oxygen atoms in total. The summed E-state index contributed by atoms with van der Waals surface area (Å²) in [6, 6.07) is 179. The van der Waals surface area contributed by atoms with Crippen LogP contribution in [-0.2, 0) is 10.8 Å². The van der Waals surface area contributed by atoms with Gasteiger partial charge in [0.2, 0.25) is 0 Å². The second-order valence-corrected chi connectivity index (χ2v) is 42.6. The highest BCUT2D eigenvalue weighted by molar-refractivity contribution is 6.26. The lowest BCUT2D eigenvalue weighted by molar-refractivity contribution is 0.0962. The standard InChI is InChI=1S/2C69H58N2/c1-67(2,3)69(68(4,5)6)60-46-63(71(50-33-17-10-18-34-50)62-42-26-24-36-53(62)48-29-13-8-14-30-48)55-38-20-22-40-57(55)64(60)65-56-39-21-19-37-54(56)59-45-51(43-44-58(59)66(65)69)70(49-31-15-9-16-32-49)61-41-25-23-35-52(61)47-27-11-7-12-28-47;1-67(2,3)69(68(4,5)6)62-46-63(71(52-33-17-10-18-34-52)54-36-24-30-50(44-54)48-27-13-8-14-28-48)57-38-20-22-40-59(57)64(62)65-58-39-21-19-37-56(58)61-45-55(41-42-60(61)66(65)69)70(51-31-15-9-16-32-51)53-35-23-29-49(43-53)47-25-11-7-12-26-47/h2*7-46H,1-6H3. The van der Waals surface area contributed by atoms with E-state index in [0.717, 1.165) is 56.9 Å². The fraction of sp³-hybridized carbons (Fsp3) is 0.130. The first-order valence-electron chi connectivity index (χ1n) is 50.2. The van der Waals surface area contributed by atoms with Gasteiger partial charge in [0.05, 0.1) is 22.7 Å². The Hall–Kier alpha value is -16.4. The van der Waals surface area contributed by atoms with Crippen LogP contribution in [-0.4, -0.2) is 0 Å². The van der Waals surface area contributed by atoms with Crippen molar-refractivity contribution in [3.05, 3.63) is 508 Å². The fourth-order valence-electron chi connectivity index (χ4n) is 25.8. The Morgan fingerprint density at radius 3 is 0.761 bits per heavy atom. The first-order chi connectivity index (χ1) is 69.1. The van der Waals surface area contributed by atoms with E-state index in [4.69, 9.17) is 0 Å². The number of benzene rings is 22. The molecule has 688 valence electrons. The van der Waals surface area contributed by atoms with Gasteiger partial charge in [-0.05, 0) is 275 Å². The average Bonchev–Trinajstić information content (AvgIpc) is 1.49. The molecule has 0 aliphatic heterocycles. The zero-order chi connectivity index (χ0) is 97.0. The lowest BCUT2D eigenvalue weighted by atomic mass is 9.49. The van der Waals surface area contributed by atoms with Crippen molar-refractivity contribution in [3.63, 3.8) is 0 Å². The molecule has 0 atom stereocenters. The number of nitrogens with zero attached hydrogens (tertiary/aromatic N) is 4. The molecule has 0 heterocycles. The third kappa shape index (κ3) is 14.7. The molecule has 24 rings (SSSR count). The minimum Gasteiger partial charge on any atom is -0.310 e. The summed E-state index contributed by atoms with van der Waals surface area (Å²) < 4.78 is 0. The molecule has 0 radical (unpaired) electrons. The maximum Gasteiger partial charge on any atom is 0.0543 e. The van der Waals surface area contributed by atoms with E-state index in [2.05, 4.69) is 588 Å². The number of para-hydroxylation sites is 6. The van der Waals surface area contributed by atoms with Crippen LogP contribution in [0.15, 0.2) is 485 Å². The second kappa shape index (κ2) is 35.5. The van der Waals surface area contributed by atoms with Crippen LogP contribution in [0.4, 0.5) is 68.2 Å². The predicted octanol–water partition coefficient (Wildman–Crippen LogP) is 39.6. The second-order valence-electron chi connectivity index (χ2n) is 42.6. The molecule has 0 spiro atoms. The van der Waals surface area contributed by atoms with Crippen molar-refractivity contribution in [3.8, 4) is 66.8 Å². The molecule has 0 unspecified atom stereocenters. The van der Waals surface area contributed by atoms with E-state index >= 15 is 0 Å². The molecule has 142 heavy (non-hydrogen) atoms. The lowest BCUT2D eigenvalue weighted by Crippen LogP contribution is -2.50. The minimum atomic E-state index is -0.465. The SMILES string of the molecule is CC(C)(C)C1(C(C)(C)C)c2cc(N(c3ccccc3)c3cccc(-c4ccccc4)c3)c3ccccc3c2-c2c1c1ccc(N(c3ccccc3)c3cccc(-c4ccccc4)c3)cc1c1ccccc21.CC(C)(C)C1(C(C)(C)C)c2cc(N(c3ccccc3)c3ccccc3-c3ccccc3)c3ccccc3c2-c2c1c1ccc(N(c3ccccc3)c3ccccc3-c3ccccc3)cc1c1ccccc21. The summed E-state index contributed by atoms with van der Waals surface area (Å²) >= 11 is 0. The van der Waals surface area contributed by atoms with Gasteiger partial charge in [0, 0.05) is 78.2 Å². The highest BCUT2D eigenvalue weighted by Gasteiger charge is 2.61. The molecule has 0 bridgehead atoms. The highest BCUT2D eigenvalue weighted by Crippen LogP contribution is 2.72. The monoisotopic (exact) mass is 1830 g/mol. The molecule has 2 aliphatic carbocycles. The van der Waals surface area contributed by atoms with Gasteiger partial charge in [-0.15, -0.1) is 0 Å². The van der Waals surface area contributed by atoms with Crippen LogP contribution >= 0.6 is 0 Å². The van der Waals surface area contributed by atoms with Gasteiger partial charge in [0.15, 0.2) is 0 Å². The van der Waals surface area contributed by atoms with Crippen LogP contribution in [0.2, 0.25) is 0 Å². The Kier molecular flexibility index (Phi) is 22.4. The maximum absolute atomic E-state index is 2.61. The molecular weight excluding hydrogens is 1710 g/mol. The Labute approximate surface area is 836 Å². The van der Waals surface area contributed by atoms with Crippen LogP contribution in [0.5, 0.6) is 0 Å². The molecule has 4 heteroatoms. The highest BCUT2D eigenvalue weighted by atomic mass is 15.2. The van der Waals surface area contributed by atoms with E-state index < -0.39 is 10.8 Å². The van der Waals surface area contributed by atoms with Crippen molar-refractivity contribution in [1.82, 2.24) is 0 Å². The van der Waals surface area contributed by atoms with Gasteiger partial charge in [0.25, 0.3) is 0 Å². The fourth-order valence-corrected chi connectivity index (χ4v) is 25.8. The van der Waals surface area contributed by atoms with Crippen molar-refractivity contribution in [2.24, 2.45) is 21.7 Å². The Morgan fingerprint density at radius 2 is 0.394 bits per heavy atom. The summed E-state index contributed by atoms with van der Waals surface area (Å²) in [6.45, 7) is 29.8. The van der Waals surface area contributed by atoms with Gasteiger partial charge in [0.1, 0.15) is 0 Å². The van der Waals surface area contributed by atoms with E-state index in [1.165, 1.54) is 165 Å². The van der Waals surface area contributed by atoms with E-state index in [1.807, 2.05) is 0 Å². The number of rotatable bonds is 16. The zero-order valence-electron chi connectivity index (χ0n) is 83.0. The minimum absolute atomic E-state index is 0.238. The largest absolute Gasteiger partial charge is 0.310 e. The van der Waals surface area contributed by atoms with Crippen molar-refractivity contribution in [2.45, 2.75) is 93.9 Å². The molecule has 0 saturated carbocycles. The molecule has 22 aromatic carbocycles. The van der Waals surface area contributed by atoms with Crippen molar-refractivity contribution < 1.29 is 0 Å². The van der Waals surface area contributed by atoms with Gasteiger partial charge in [-0.2, -0.15) is 0 Å². The van der Waals surface area contributed by atoms with E-state index in [0.29, 0.717) is 0 Å². The van der Waals surface area contributed by atoms with Gasteiger partial charge in [-0.1, -0.05) is 447 Å². The van der Waals surface area contributed by atoms with Crippen LogP contribution in [0.25, 0.3) is 131 Å². The predicted molar refractivity (Wildman–Crippen MR) is 609 cm³/mol. The van der Waals surface area contributed by atoms with Crippen LogP contribution in [0.3, 0.4) is 0 Å². The van der Waals surface area contributed by atoms with Crippen LogP contribution < -0.4 is 19.6 Å². The van der Waals surface area contributed by atoms with E-state index in [9.17, 15) is 0 Å². The summed E-state index contributed by atoms with van der Waals surface area (Å²) in [5.41, 5.74) is 32.2. The van der Waals surface area contributed by atoms with E-state index in [1.54, 1.807) is 0 Å². The molecule has 0 aromatic heterocycles. The third-order valence-corrected chi connectivity index (χ3v) is 30.6. The quantitative estimate of drug-likeness (QED) is 0.0894. The zero-order valence-corrected chi connectivity index (χ0v) is 83.0. The van der Waals surface area contributed by atoms with Gasteiger partial charge >= 0.3 is 0 Å². The topological polar surface area (TPSA) is 13.0 Å². The van der Waals surface area contributed by atoms with Crippen molar-refractivity contribution in [1.29, 1.82) is 0 Å². The normalized spacial score (nSPS) is 13.0. The Balaban J connectivity index is 0.000000158. The van der Waals surface area contributed by atoms with Crippen LogP contribution in [0, 0.1) is 21.7 Å². The van der Waals surface area contributed by atoms with E-state index in [-0.39, 0.29) is 21.7 Å². The number of hydrogen-bond acceptors (Lipinski definition) is 4. The lowest BCUT2D eigenvalue weighted by Gasteiger charge is -2.53. The summed E-state index contributed by atoms with van der Waals surface area (Å²) in [7, 11) is 0. The van der Waals surface area contributed by atoms with Gasteiger partial charge < -0.3 is 19.6 Å². The summed E-state index contributed by atoms with van der Waals surface area (Å²) in [4.78, 5) is 9.90. The van der Waals surface area contributed by atoms with Crippen molar-refractivity contribution >= 4 is 133 Å². The number of anilines is 12. The number of hydrogen-bond donors (Lipinski definition) is 0. The first-order valence-corrected chi connectivity index (χ1v) is 50.2. The van der Waals surface area contributed by atoms with Gasteiger partial charge in [-0.3, -0.25) is 0 Å². The molecule has 0 amide bonds. The van der Waals surface area contributed by atoms with Crippen LogP contribution in [0.1, 0.15) is 105 Å². The maximum atomic E-state index is 2.61. The molecule has 22 aromatic rings. The smallest absolute Gasteiger partial charge is 0.0543 e. The molecule has 0 fully saturated rings. The molecule has 2 aliphatic rings. The van der Waals surface area contributed by atoms with Gasteiger partial charge in [-0.25, -0.2) is 0 Å². The van der Waals surface area contributed by atoms with Crippen molar-refractivity contribution in [2.75, 3.05) is 19.6 Å². The molecular formula is C138H116N4. The summed E-state index contributed by atoms with van der Waals surface area (Å²) in [5, 5.41) is 15.2.